The predicted molar refractivity (Wildman–Crippen MR) is 103 cm³/mol. The summed E-state index contributed by atoms with van der Waals surface area (Å²) in [6.07, 6.45) is -0.637. The van der Waals surface area contributed by atoms with E-state index in [1.54, 1.807) is 0 Å². The molecule has 0 aliphatic carbocycles. The van der Waals surface area contributed by atoms with Gasteiger partial charge in [-0.3, -0.25) is 38.3 Å². The third-order valence-corrected chi connectivity index (χ3v) is 5.83. The quantitative estimate of drug-likeness (QED) is 0.0675. The van der Waals surface area contributed by atoms with Crippen molar-refractivity contribution in [2.45, 2.75) is 11.1 Å². The molecule has 25 heteroatoms. The van der Waals surface area contributed by atoms with Crippen molar-refractivity contribution in [2.24, 2.45) is 0 Å². The third-order valence-electron chi connectivity index (χ3n) is 2.08. The molecule has 0 fully saturated rings. The van der Waals surface area contributed by atoms with E-state index in [0.717, 1.165) is 28.4 Å². The summed E-state index contributed by atoms with van der Waals surface area (Å²) < 4.78 is 76.7. The fourth-order valence-electron chi connectivity index (χ4n) is 0.816. The van der Waals surface area contributed by atoms with Crippen molar-refractivity contribution in [1.82, 2.24) is 0 Å². The van der Waals surface area contributed by atoms with Crippen LogP contribution in [-0.4, -0.2) is 111 Å². The molecule has 0 saturated carbocycles. The summed E-state index contributed by atoms with van der Waals surface area (Å²) in [4.78, 5) is 47.8. The van der Waals surface area contributed by atoms with Crippen LogP contribution in [-0.2, 0) is 45.9 Å². The van der Waals surface area contributed by atoms with Gasteiger partial charge in [-0.1, -0.05) is 0 Å². The molecule has 0 atom stereocenters. The minimum atomic E-state index is -5.14. The van der Waals surface area contributed by atoms with Crippen LogP contribution < -0.4 is 0 Å². The van der Waals surface area contributed by atoms with Crippen LogP contribution in [0.5, 0.6) is 0 Å². The van der Waals surface area contributed by atoms with Gasteiger partial charge < -0.3 is 38.5 Å². The zero-order valence-corrected chi connectivity index (χ0v) is 19.9. The number of halogens is 2. The molecule has 0 rings (SSSR count). The van der Waals surface area contributed by atoms with Gasteiger partial charge in [-0.15, -0.1) is 8.39 Å². The van der Waals surface area contributed by atoms with Crippen molar-refractivity contribution in [3.63, 3.8) is 0 Å². The Balaban J connectivity index is -0.000000112. The second-order valence-corrected chi connectivity index (χ2v) is 10.9. The van der Waals surface area contributed by atoms with Crippen LogP contribution in [0.15, 0.2) is 0 Å². The molecule has 0 spiro atoms. The second kappa shape index (κ2) is 17.6. The molecule has 0 aliphatic rings. The maximum absolute atomic E-state index is 11.0. The van der Waals surface area contributed by atoms with Crippen LogP contribution in [0.25, 0.3) is 0 Å². The molecule has 0 aromatic carbocycles. The Morgan fingerprint density at radius 2 is 0.727 bits per heavy atom. The number of aliphatic hydroxyl groups is 4. The molecule has 0 bridgehead atoms. The molecule has 0 aromatic heterocycles. The van der Waals surface area contributed by atoms with E-state index >= 15 is 0 Å². The van der Waals surface area contributed by atoms with Crippen molar-refractivity contribution in [1.29, 1.82) is 0 Å². The summed E-state index contributed by atoms with van der Waals surface area (Å²) in [5.41, 5.74) is -6.15. The molecule has 33 heavy (non-hydrogen) atoms. The first kappa shape index (κ1) is 43.3. The van der Waals surface area contributed by atoms with Gasteiger partial charge in [-0.05, 0) is 0 Å². The van der Waals surface area contributed by atoms with Crippen molar-refractivity contribution in [3.05, 3.63) is 0 Å². The summed E-state index contributed by atoms with van der Waals surface area (Å²) >= 11 is 0. The SMILES string of the molecule is COP(=O)(OC)C(O)(O)C=O.COP(=O)(OC)C(O)(O)C=O.O=P(O)(O)F.O=P(O)(O)F.[LiH]. The zero-order valence-electron chi connectivity index (χ0n) is 16.4. The van der Waals surface area contributed by atoms with Crippen LogP contribution in [0.2, 0.25) is 0 Å². The van der Waals surface area contributed by atoms with Gasteiger partial charge in [0.15, 0.2) is 12.6 Å². The molecule has 0 saturated heterocycles. The first-order valence-electron chi connectivity index (χ1n) is 6.62. The van der Waals surface area contributed by atoms with Crippen LogP contribution in [0, 0.1) is 0 Å². The molecule has 198 valence electrons. The average molecular weight is 576 g/mol. The first-order valence-corrected chi connectivity index (χ1v) is 12.7. The van der Waals surface area contributed by atoms with Crippen LogP contribution >= 0.6 is 31.0 Å². The predicted octanol–water partition coefficient (Wildman–Crippen LogP) is -1.93. The molecule has 18 nitrogen and oxygen atoms in total. The normalized spacial score (nSPS) is 12.3. The Morgan fingerprint density at radius 3 is 0.758 bits per heavy atom. The summed E-state index contributed by atoms with van der Waals surface area (Å²) in [6, 6.07) is 0. The number of carbonyl (C=O) groups excluding carboxylic acids is 2. The molecular formula is C8H23F2LiO18P4. The van der Waals surface area contributed by atoms with E-state index < -0.39 is 42.1 Å². The van der Waals surface area contributed by atoms with E-state index in [2.05, 4.69) is 18.1 Å². The Kier molecular flexibility index (Phi) is 23.1. The molecule has 0 aromatic rings. The van der Waals surface area contributed by atoms with Gasteiger partial charge in [0.05, 0.1) is 0 Å². The van der Waals surface area contributed by atoms with Crippen molar-refractivity contribution in [3.8, 4) is 0 Å². The molecule has 0 unspecified atom stereocenters. The fourth-order valence-corrected chi connectivity index (χ4v) is 2.45. The van der Waals surface area contributed by atoms with Gasteiger partial charge in [0.2, 0.25) is 0 Å². The number of hydrogen-bond acceptors (Lipinski definition) is 14. The molecule has 0 radical (unpaired) electrons. The van der Waals surface area contributed by atoms with Crippen molar-refractivity contribution >= 4 is 62.4 Å². The average Bonchev–Trinajstić information content (AvgIpc) is 2.64. The fraction of sp³-hybridized carbons (Fsp3) is 0.750. The van der Waals surface area contributed by atoms with Gasteiger partial charge in [-0.25, -0.2) is 9.13 Å². The molecule has 0 amide bonds. The number of aldehydes is 2. The van der Waals surface area contributed by atoms with E-state index in [-0.39, 0.29) is 31.4 Å². The zero-order chi connectivity index (χ0) is 27.2. The summed E-state index contributed by atoms with van der Waals surface area (Å²) in [7, 11) is -14.8. The Labute approximate surface area is 196 Å². The van der Waals surface area contributed by atoms with Crippen LogP contribution in [0.1, 0.15) is 0 Å². The molecule has 0 heterocycles. The third kappa shape index (κ3) is 22.4. The van der Waals surface area contributed by atoms with Gasteiger partial charge in [0.25, 0.3) is 0 Å². The maximum atomic E-state index is 11.0. The number of hydrogen-bond donors (Lipinski definition) is 8. The van der Waals surface area contributed by atoms with E-state index in [4.69, 9.17) is 49.1 Å². The van der Waals surface area contributed by atoms with E-state index in [1.165, 1.54) is 0 Å². The number of carbonyl (C=O) groups is 2. The van der Waals surface area contributed by atoms with E-state index in [9.17, 15) is 27.1 Å². The summed E-state index contributed by atoms with van der Waals surface area (Å²) in [5.74, 6) is 0. The second-order valence-electron chi connectivity index (χ2n) is 4.28. The molecule has 0 aliphatic heterocycles. The monoisotopic (exact) mass is 576 g/mol. The molecular weight excluding hydrogens is 553 g/mol. The van der Waals surface area contributed by atoms with Crippen LogP contribution in [0.3, 0.4) is 0 Å². The topological polar surface area (TPSA) is 301 Å². The standard InChI is InChI=1S/2C4H9O6P.2FH2O3P.Li.H/c2*1-9-11(8,10-2)4(6,7)3-5;2*1-5(2,3)4;;/h2*3,6-7H,1-2H3;2*(H2,2,3,4);;. The number of rotatable bonds is 8. The van der Waals surface area contributed by atoms with Crippen LogP contribution in [0.4, 0.5) is 8.39 Å². The Hall–Kier alpha value is 0.237. The van der Waals surface area contributed by atoms with E-state index in [1.807, 2.05) is 0 Å². The van der Waals surface area contributed by atoms with Gasteiger partial charge in [-0.2, -0.15) is 0 Å². The Morgan fingerprint density at radius 1 is 0.606 bits per heavy atom. The summed E-state index contributed by atoms with van der Waals surface area (Å²) in [5, 5.41) is 34.9. The van der Waals surface area contributed by atoms with Crippen molar-refractivity contribution in [2.75, 3.05) is 28.4 Å². The minimum absolute atomic E-state index is 0. The summed E-state index contributed by atoms with van der Waals surface area (Å²) in [6.45, 7) is 0. The van der Waals surface area contributed by atoms with Gasteiger partial charge >= 0.3 is 60.9 Å². The van der Waals surface area contributed by atoms with Crippen molar-refractivity contribution < 1.29 is 94.3 Å². The van der Waals surface area contributed by atoms with Gasteiger partial charge in [0, 0.05) is 28.4 Å². The van der Waals surface area contributed by atoms with Gasteiger partial charge in [0.1, 0.15) is 0 Å². The molecule has 8 N–H and O–H groups in total. The Bertz CT molecular complexity index is 653. The van der Waals surface area contributed by atoms with E-state index in [0.29, 0.717) is 0 Å². The first-order chi connectivity index (χ1) is 13.9.